The fourth-order valence-electron chi connectivity index (χ4n) is 4.18. The third kappa shape index (κ3) is 6.35. The lowest BCUT2D eigenvalue weighted by molar-refractivity contribution is -0.115. The van der Waals surface area contributed by atoms with Gasteiger partial charge in [-0.25, -0.2) is 9.97 Å². The Bertz CT molecular complexity index is 1420. The van der Waals surface area contributed by atoms with Crippen molar-refractivity contribution in [3.8, 4) is 17.0 Å². The maximum atomic E-state index is 12.5. The molecule has 0 bridgehead atoms. The predicted octanol–water partition coefficient (Wildman–Crippen LogP) is 5.32. The number of aromatic nitrogens is 3. The van der Waals surface area contributed by atoms with Crippen molar-refractivity contribution in [3.63, 3.8) is 0 Å². The lowest BCUT2D eigenvalue weighted by Gasteiger charge is -2.19. The van der Waals surface area contributed by atoms with Gasteiger partial charge >= 0.3 is 0 Å². The van der Waals surface area contributed by atoms with Gasteiger partial charge in [-0.15, -0.1) is 11.6 Å². The largest absolute Gasteiger partial charge is 0.494 e. The van der Waals surface area contributed by atoms with Gasteiger partial charge in [-0.1, -0.05) is 18.2 Å². The van der Waals surface area contributed by atoms with Gasteiger partial charge in [-0.3, -0.25) is 4.79 Å². The first kappa shape index (κ1) is 27.2. The quantitative estimate of drug-likeness (QED) is 0.177. The van der Waals surface area contributed by atoms with Crippen LogP contribution in [0.25, 0.3) is 22.2 Å². The lowest BCUT2D eigenvalue weighted by atomic mass is 10.1. The molecule has 9 nitrogen and oxygen atoms in total. The molecule has 4 aromatic rings. The van der Waals surface area contributed by atoms with Gasteiger partial charge in [0.1, 0.15) is 11.1 Å². The van der Waals surface area contributed by atoms with E-state index in [4.69, 9.17) is 21.3 Å². The zero-order chi connectivity index (χ0) is 27.2. The van der Waals surface area contributed by atoms with E-state index in [9.17, 15) is 4.79 Å². The van der Waals surface area contributed by atoms with Gasteiger partial charge in [-0.2, -0.15) is 0 Å². The monoisotopic (exact) mass is 535 g/mol. The van der Waals surface area contributed by atoms with Crippen LogP contribution < -0.4 is 20.7 Å². The van der Waals surface area contributed by atoms with Gasteiger partial charge in [0, 0.05) is 48.5 Å². The summed E-state index contributed by atoms with van der Waals surface area (Å²) in [6, 6.07) is 13.7. The number of ether oxygens (including phenoxy) is 1. The van der Waals surface area contributed by atoms with Crippen LogP contribution in [0.2, 0.25) is 0 Å². The molecule has 4 rings (SSSR count). The van der Waals surface area contributed by atoms with Gasteiger partial charge in [0.15, 0.2) is 0 Å². The number of anilines is 4. The predicted molar refractivity (Wildman–Crippen MR) is 156 cm³/mol. The van der Waals surface area contributed by atoms with Crippen molar-refractivity contribution >= 4 is 51.4 Å². The first-order valence-corrected chi connectivity index (χ1v) is 12.9. The average Bonchev–Trinajstić information content (AvgIpc) is 3.24. The minimum atomic E-state index is -0.684. The Morgan fingerprint density at radius 3 is 2.68 bits per heavy atom. The zero-order valence-electron chi connectivity index (χ0n) is 22.4. The summed E-state index contributed by atoms with van der Waals surface area (Å²) < 4.78 is 7.76. The van der Waals surface area contributed by atoms with Crippen LogP contribution in [0.1, 0.15) is 13.3 Å². The summed E-state index contributed by atoms with van der Waals surface area (Å²) in [5.74, 6) is 0.688. The number of benzene rings is 2. The number of methoxy groups -OCH3 is 1. The van der Waals surface area contributed by atoms with Crippen molar-refractivity contribution in [3.05, 3.63) is 54.9 Å². The highest BCUT2D eigenvalue weighted by Gasteiger charge is 2.17. The topological polar surface area (TPSA) is 96.3 Å². The Morgan fingerprint density at radius 2 is 1.95 bits per heavy atom. The van der Waals surface area contributed by atoms with Crippen molar-refractivity contribution in [2.45, 2.75) is 18.7 Å². The van der Waals surface area contributed by atoms with E-state index in [-0.39, 0.29) is 5.91 Å². The molecule has 0 fully saturated rings. The molecule has 1 atom stereocenters. The molecule has 10 heteroatoms. The molecule has 0 spiro atoms. The van der Waals surface area contributed by atoms with Crippen LogP contribution in [0.3, 0.4) is 0 Å². The smallest absolute Gasteiger partial charge is 0.242 e. The van der Waals surface area contributed by atoms with Crippen LogP contribution in [0.15, 0.2) is 54.9 Å². The molecule has 1 amide bonds. The van der Waals surface area contributed by atoms with E-state index in [1.54, 1.807) is 26.3 Å². The fourth-order valence-corrected chi connectivity index (χ4v) is 4.24. The molecule has 2 aromatic heterocycles. The number of aryl methyl sites for hydroxylation is 1. The van der Waals surface area contributed by atoms with Crippen LogP contribution >= 0.6 is 11.6 Å². The Balaban J connectivity index is 1.65. The molecule has 0 saturated heterocycles. The summed E-state index contributed by atoms with van der Waals surface area (Å²) in [6.45, 7) is 3.30. The van der Waals surface area contributed by atoms with E-state index in [2.05, 4.69) is 48.7 Å². The standard InChI is InChI=1S/C28H34ClN7O2/c1-18(29)27(37)32-23-15-24(26(38-5)16-22(23)30-12-8-14-35(2)3)34-28-31-13-11-21(33-28)20-17-36(4)25-10-7-6-9-19(20)25/h6-7,9-11,13,15-18,30H,8,12,14H2,1-5H3,(H,32,37)(H,31,33,34). The number of carbonyl (C=O) groups excluding carboxylic acids is 1. The van der Waals surface area contributed by atoms with E-state index in [0.717, 1.165) is 47.4 Å². The third-order valence-electron chi connectivity index (χ3n) is 6.13. The summed E-state index contributed by atoms with van der Waals surface area (Å²) >= 11 is 6.04. The fraction of sp³-hybridized carbons (Fsp3) is 0.321. The number of nitrogens with one attached hydrogen (secondary N) is 3. The maximum absolute atomic E-state index is 12.5. The number of rotatable bonds is 11. The van der Waals surface area contributed by atoms with E-state index in [0.29, 0.717) is 23.1 Å². The molecule has 0 saturated carbocycles. The molecule has 0 radical (unpaired) electrons. The van der Waals surface area contributed by atoms with Crippen LogP contribution in [0.4, 0.5) is 23.0 Å². The number of alkyl halides is 1. The second kappa shape index (κ2) is 12.1. The van der Waals surface area contributed by atoms with Crippen LogP contribution in [0.5, 0.6) is 5.75 Å². The number of para-hydroxylation sites is 1. The summed E-state index contributed by atoms with van der Waals surface area (Å²) in [7, 11) is 7.69. The number of fused-ring (bicyclic) bond motifs is 1. The minimum absolute atomic E-state index is 0.298. The summed E-state index contributed by atoms with van der Waals surface area (Å²) in [5.41, 5.74) is 4.87. The number of carbonyl (C=O) groups is 1. The highest BCUT2D eigenvalue weighted by Crippen LogP contribution is 2.37. The summed E-state index contributed by atoms with van der Waals surface area (Å²) in [6.07, 6.45) is 4.72. The molecule has 0 aliphatic carbocycles. The van der Waals surface area contributed by atoms with Gasteiger partial charge in [-0.05, 0) is 52.2 Å². The van der Waals surface area contributed by atoms with Crippen LogP contribution in [0, 0.1) is 0 Å². The third-order valence-corrected chi connectivity index (χ3v) is 6.33. The molecular weight excluding hydrogens is 502 g/mol. The Hall–Kier alpha value is -3.82. The van der Waals surface area contributed by atoms with E-state index >= 15 is 0 Å². The summed E-state index contributed by atoms with van der Waals surface area (Å²) in [5, 5.41) is 10.0. The zero-order valence-corrected chi connectivity index (χ0v) is 23.1. The van der Waals surface area contributed by atoms with Gasteiger partial charge in [0.05, 0.1) is 29.9 Å². The van der Waals surface area contributed by atoms with Gasteiger partial charge < -0.3 is 30.2 Å². The number of halogens is 1. The normalized spacial score (nSPS) is 12.0. The molecule has 200 valence electrons. The van der Waals surface area contributed by atoms with E-state index in [1.165, 1.54) is 0 Å². The Labute approximate surface area is 228 Å². The van der Waals surface area contributed by atoms with Gasteiger partial charge in [0.2, 0.25) is 11.9 Å². The average molecular weight is 536 g/mol. The molecule has 3 N–H and O–H groups in total. The van der Waals surface area contributed by atoms with Crippen molar-refractivity contribution in [2.24, 2.45) is 7.05 Å². The van der Waals surface area contributed by atoms with Crippen molar-refractivity contribution in [2.75, 3.05) is 50.2 Å². The Morgan fingerprint density at radius 1 is 1.16 bits per heavy atom. The lowest BCUT2D eigenvalue weighted by Crippen LogP contribution is -2.22. The number of amides is 1. The number of hydrogen-bond donors (Lipinski definition) is 3. The highest BCUT2D eigenvalue weighted by atomic mass is 35.5. The molecule has 38 heavy (non-hydrogen) atoms. The Kier molecular flexibility index (Phi) is 8.70. The van der Waals surface area contributed by atoms with Crippen molar-refractivity contribution in [1.29, 1.82) is 0 Å². The first-order valence-electron chi connectivity index (χ1n) is 12.5. The van der Waals surface area contributed by atoms with Crippen LogP contribution in [-0.2, 0) is 11.8 Å². The summed E-state index contributed by atoms with van der Waals surface area (Å²) in [4.78, 5) is 23.8. The number of hydrogen-bond acceptors (Lipinski definition) is 7. The molecule has 2 heterocycles. The van der Waals surface area contributed by atoms with Crippen LogP contribution in [-0.4, -0.2) is 65.0 Å². The first-order chi connectivity index (χ1) is 18.3. The molecule has 0 aliphatic rings. The molecule has 2 aromatic carbocycles. The second-order valence-corrected chi connectivity index (χ2v) is 10.0. The molecule has 1 unspecified atom stereocenters. The highest BCUT2D eigenvalue weighted by molar-refractivity contribution is 6.32. The van der Waals surface area contributed by atoms with Crippen molar-refractivity contribution < 1.29 is 9.53 Å². The molecule has 0 aliphatic heterocycles. The minimum Gasteiger partial charge on any atom is -0.494 e. The van der Waals surface area contributed by atoms with E-state index in [1.807, 2.05) is 45.4 Å². The van der Waals surface area contributed by atoms with E-state index < -0.39 is 5.38 Å². The van der Waals surface area contributed by atoms with Gasteiger partial charge in [0.25, 0.3) is 0 Å². The second-order valence-electron chi connectivity index (χ2n) is 9.35. The van der Waals surface area contributed by atoms with Crippen molar-refractivity contribution in [1.82, 2.24) is 19.4 Å². The SMILES string of the molecule is COc1cc(NCCCN(C)C)c(NC(=O)C(C)Cl)cc1Nc1nccc(-c2cn(C)c3ccccc23)n1. The number of nitrogens with zero attached hydrogens (tertiary/aromatic N) is 4. The molecular formula is C28H34ClN7O2. The maximum Gasteiger partial charge on any atom is 0.242 e.